The summed E-state index contributed by atoms with van der Waals surface area (Å²) in [5, 5.41) is 21.3. The van der Waals surface area contributed by atoms with Crippen LogP contribution in [0.25, 0.3) is 0 Å². The van der Waals surface area contributed by atoms with Crippen molar-refractivity contribution in [3.8, 4) is 0 Å². The Bertz CT molecular complexity index is 590. The van der Waals surface area contributed by atoms with E-state index in [-0.39, 0.29) is 36.1 Å². The summed E-state index contributed by atoms with van der Waals surface area (Å²) < 4.78 is 11.4. The second-order valence-electron chi connectivity index (χ2n) is 10.1. The number of carbonyl (C=O) groups excluding carboxylic acids is 1. The highest BCUT2D eigenvalue weighted by molar-refractivity contribution is 14.1. The van der Waals surface area contributed by atoms with Gasteiger partial charge in [0.2, 0.25) is 0 Å². The van der Waals surface area contributed by atoms with E-state index in [9.17, 15) is 15.0 Å². The first kappa shape index (κ1) is 25.4. The third-order valence-electron chi connectivity index (χ3n) is 7.78. The van der Waals surface area contributed by atoms with E-state index in [1.807, 2.05) is 6.08 Å². The number of methoxy groups -OCH3 is 1. The number of aliphatic hydroxyl groups is 2. The van der Waals surface area contributed by atoms with Gasteiger partial charge in [-0.2, -0.15) is 0 Å². The number of esters is 1. The topological polar surface area (TPSA) is 76.0 Å². The molecule has 2 aliphatic carbocycles. The van der Waals surface area contributed by atoms with Crippen molar-refractivity contribution in [1.82, 2.24) is 0 Å². The Balaban J connectivity index is 1.47. The molecule has 0 radical (unpaired) electrons. The second kappa shape index (κ2) is 12.3. The molecule has 0 aromatic heterocycles. The largest absolute Gasteiger partial charge is 0.469 e. The molecule has 0 amide bonds. The summed E-state index contributed by atoms with van der Waals surface area (Å²) in [5.74, 6) is 1.24. The first-order valence-corrected chi connectivity index (χ1v) is 13.5. The van der Waals surface area contributed by atoms with Crippen LogP contribution in [0.1, 0.15) is 77.6 Å². The summed E-state index contributed by atoms with van der Waals surface area (Å²) in [5.41, 5.74) is 0. The number of rotatable bonds is 10. The van der Waals surface area contributed by atoms with Crippen molar-refractivity contribution in [2.75, 3.05) is 7.11 Å². The Morgan fingerprint density at radius 1 is 1.26 bits per heavy atom. The van der Waals surface area contributed by atoms with E-state index in [0.29, 0.717) is 22.7 Å². The van der Waals surface area contributed by atoms with Gasteiger partial charge in [-0.15, -0.1) is 0 Å². The van der Waals surface area contributed by atoms with Crippen LogP contribution in [-0.4, -0.2) is 51.6 Å². The van der Waals surface area contributed by atoms with Crippen molar-refractivity contribution >= 4 is 28.6 Å². The van der Waals surface area contributed by atoms with Gasteiger partial charge in [-0.05, 0) is 43.4 Å². The maximum absolute atomic E-state index is 11.3. The molecule has 2 N–H and O–H groups in total. The van der Waals surface area contributed by atoms with Crippen LogP contribution in [0.4, 0.5) is 0 Å². The van der Waals surface area contributed by atoms with Crippen molar-refractivity contribution in [1.29, 1.82) is 0 Å². The Kier molecular flexibility index (Phi) is 10.1. The fourth-order valence-electron chi connectivity index (χ4n) is 5.87. The molecule has 0 aromatic rings. The average Bonchev–Trinajstić information content (AvgIpc) is 3.29. The molecule has 8 atom stereocenters. The molecule has 3 unspecified atom stereocenters. The molecule has 6 heteroatoms. The van der Waals surface area contributed by atoms with Gasteiger partial charge in [-0.25, -0.2) is 0 Å². The van der Waals surface area contributed by atoms with Gasteiger partial charge in [-0.3, -0.25) is 4.79 Å². The number of ether oxygens (including phenoxy) is 2. The highest BCUT2D eigenvalue weighted by Crippen LogP contribution is 2.46. The number of aliphatic hydroxyl groups excluding tert-OH is 2. The average molecular weight is 549 g/mol. The van der Waals surface area contributed by atoms with Crippen LogP contribution >= 0.6 is 22.6 Å². The van der Waals surface area contributed by atoms with Crippen LogP contribution in [0.15, 0.2) is 12.2 Å². The lowest BCUT2D eigenvalue weighted by Crippen LogP contribution is -2.25. The van der Waals surface area contributed by atoms with Crippen molar-refractivity contribution in [3.63, 3.8) is 0 Å². The molecule has 3 aliphatic rings. The SMILES string of the molecule is COC(=O)CCCC(I)C1C[C@@H]2[C@@H](/C=C/[C@@H](O)C(C)CC3CCCCC3)[C@H](O)C[C@H]2O1. The Labute approximate surface area is 201 Å². The third-order valence-corrected chi connectivity index (χ3v) is 9.20. The summed E-state index contributed by atoms with van der Waals surface area (Å²) >= 11 is 2.44. The number of halogens is 1. The summed E-state index contributed by atoms with van der Waals surface area (Å²) in [4.78, 5) is 11.3. The zero-order chi connectivity index (χ0) is 22.4. The maximum Gasteiger partial charge on any atom is 0.305 e. The van der Waals surface area contributed by atoms with Gasteiger partial charge in [0.25, 0.3) is 0 Å². The lowest BCUT2D eigenvalue weighted by atomic mass is 9.81. The predicted molar refractivity (Wildman–Crippen MR) is 130 cm³/mol. The highest BCUT2D eigenvalue weighted by atomic mass is 127. The molecule has 5 nitrogen and oxygen atoms in total. The van der Waals surface area contributed by atoms with Crippen molar-refractivity contribution < 1.29 is 24.5 Å². The number of alkyl halides is 1. The van der Waals surface area contributed by atoms with Gasteiger partial charge in [0.1, 0.15) is 0 Å². The van der Waals surface area contributed by atoms with Crippen LogP contribution in [0.2, 0.25) is 0 Å². The quantitative estimate of drug-likeness (QED) is 0.177. The van der Waals surface area contributed by atoms with Gasteiger partial charge in [-0.1, -0.05) is 73.8 Å². The molecule has 3 rings (SSSR count). The van der Waals surface area contributed by atoms with Gasteiger partial charge >= 0.3 is 5.97 Å². The van der Waals surface area contributed by atoms with E-state index in [0.717, 1.165) is 31.6 Å². The molecular weight excluding hydrogens is 507 g/mol. The summed E-state index contributed by atoms with van der Waals surface area (Å²) in [6.07, 6.45) is 15.0. The standard InChI is InChI=1S/C25H41IO5/c1-16(13-17-7-4-3-5-8-17)21(27)12-11-18-19-14-24(31-23(19)15-22(18)28)20(26)9-6-10-25(29)30-2/h11-12,16-24,27-28H,3-10,13-15H2,1-2H3/b12-11+/t16?,18-,19-,20?,21-,22-,23-,24?/m1/s1. The van der Waals surface area contributed by atoms with Gasteiger partial charge < -0.3 is 19.7 Å². The molecule has 31 heavy (non-hydrogen) atoms. The van der Waals surface area contributed by atoms with Crippen LogP contribution in [0, 0.1) is 23.7 Å². The monoisotopic (exact) mass is 548 g/mol. The number of hydrogen-bond donors (Lipinski definition) is 2. The van der Waals surface area contributed by atoms with Crippen LogP contribution in [0.5, 0.6) is 0 Å². The van der Waals surface area contributed by atoms with E-state index in [1.54, 1.807) is 0 Å². The number of fused-ring (bicyclic) bond motifs is 1. The molecule has 0 aromatic carbocycles. The molecule has 1 heterocycles. The van der Waals surface area contributed by atoms with E-state index >= 15 is 0 Å². The fraction of sp³-hybridized carbons (Fsp3) is 0.880. The smallest absolute Gasteiger partial charge is 0.305 e. The summed E-state index contributed by atoms with van der Waals surface area (Å²) in [6, 6.07) is 0. The Morgan fingerprint density at radius 3 is 2.71 bits per heavy atom. The minimum atomic E-state index is -0.443. The van der Waals surface area contributed by atoms with Crippen LogP contribution < -0.4 is 0 Å². The van der Waals surface area contributed by atoms with E-state index in [4.69, 9.17) is 9.47 Å². The molecule has 2 saturated carbocycles. The molecular formula is C25H41IO5. The second-order valence-corrected chi connectivity index (χ2v) is 11.7. The molecule has 1 aliphatic heterocycles. The Morgan fingerprint density at radius 2 is 2.00 bits per heavy atom. The van der Waals surface area contributed by atoms with E-state index in [1.165, 1.54) is 39.2 Å². The third kappa shape index (κ3) is 7.15. The normalized spacial score (nSPS) is 34.5. The zero-order valence-corrected chi connectivity index (χ0v) is 21.3. The molecule has 0 bridgehead atoms. The first-order chi connectivity index (χ1) is 14.9. The summed E-state index contributed by atoms with van der Waals surface area (Å²) in [6.45, 7) is 2.15. The maximum atomic E-state index is 11.3. The highest BCUT2D eigenvalue weighted by Gasteiger charge is 2.49. The van der Waals surface area contributed by atoms with Crippen molar-refractivity contribution in [2.45, 2.75) is 106 Å². The lowest BCUT2D eigenvalue weighted by molar-refractivity contribution is -0.140. The van der Waals surface area contributed by atoms with Crippen LogP contribution in [-0.2, 0) is 14.3 Å². The molecule has 1 saturated heterocycles. The van der Waals surface area contributed by atoms with E-state index < -0.39 is 6.10 Å². The number of carbonyl (C=O) groups is 1. The van der Waals surface area contributed by atoms with Gasteiger partial charge in [0, 0.05) is 22.7 Å². The lowest BCUT2D eigenvalue weighted by Gasteiger charge is -2.26. The number of hydrogen-bond acceptors (Lipinski definition) is 5. The van der Waals surface area contributed by atoms with Crippen molar-refractivity contribution in [3.05, 3.63) is 12.2 Å². The van der Waals surface area contributed by atoms with E-state index in [2.05, 4.69) is 35.6 Å². The van der Waals surface area contributed by atoms with Gasteiger partial charge in [0.05, 0.1) is 31.5 Å². The van der Waals surface area contributed by atoms with Gasteiger partial charge in [0.15, 0.2) is 0 Å². The molecule has 0 spiro atoms. The molecule has 178 valence electrons. The fourth-order valence-corrected chi connectivity index (χ4v) is 6.77. The summed E-state index contributed by atoms with van der Waals surface area (Å²) in [7, 11) is 1.43. The van der Waals surface area contributed by atoms with Crippen LogP contribution in [0.3, 0.4) is 0 Å². The minimum absolute atomic E-state index is 0.0604. The first-order valence-electron chi connectivity index (χ1n) is 12.3. The molecule has 3 fully saturated rings. The Hall–Kier alpha value is -0.180. The predicted octanol–water partition coefficient (Wildman–Crippen LogP) is 4.81. The minimum Gasteiger partial charge on any atom is -0.469 e. The van der Waals surface area contributed by atoms with Crippen molar-refractivity contribution in [2.24, 2.45) is 23.7 Å². The zero-order valence-electron chi connectivity index (χ0n) is 19.1.